The maximum absolute atomic E-state index is 13.9. The third kappa shape index (κ3) is 3.89. The van der Waals surface area contributed by atoms with Gasteiger partial charge in [0.1, 0.15) is 0 Å². The molecule has 0 aliphatic rings. The van der Waals surface area contributed by atoms with Crippen molar-refractivity contribution in [3.05, 3.63) is 121 Å². The molecule has 0 aliphatic heterocycles. The Morgan fingerprint density at radius 2 is 0.968 bits per heavy atom. The van der Waals surface area contributed by atoms with Crippen molar-refractivity contribution in [3.63, 3.8) is 0 Å². The fraction of sp³-hybridized carbons (Fsp3) is 0.0769. The van der Waals surface area contributed by atoms with Gasteiger partial charge in [-0.1, -0.05) is 0 Å². The molecular formula is C26H24BrO2PS. The number of benzene rings is 4. The van der Waals surface area contributed by atoms with Crippen LogP contribution in [0.3, 0.4) is 0 Å². The van der Waals surface area contributed by atoms with Crippen LogP contribution >= 0.6 is 20.8 Å². The quantitative estimate of drug-likeness (QED) is 0.318. The van der Waals surface area contributed by atoms with Gasteiger partial charge in [-0.25, -0.2) is 0 Å². The first-order chi connectivity index (χ1) is 14.8. The predicted molar refractivity (Wildman–Crippen MR) is 137 cm³/mol. The summed E-state index contributed by atoms with van der Waals surface area (Å²) in [5.41, 5.74) is 0.990. The summed E-state index contributed by atoms with van der Waals surface area (Å²) in [6.07, 6.45) is 0. The average molecular weight is 511 g/mol. The summed E-state index contributed by atoms with van der Waals surface area (Å²) in [5, 5.41) is -0.589. The minimum atomic E-state index is -3.63. The second kappa shape index (κ2) is 8.35. The van der Waals surface area contributed by atoms with E-state index in [9.17, 15) is 8.42 Å². The van der Waals surface area contributed by atoms with Crippen LogP contribution < -0.4 is 15.9 Å². The van der Waals surface area contributed by atoms with Crippen LogP contribution in [0.1, 0.15) is 5.56 Å². The first-order valence-corrected chi connectivity index (χ1v) is 16.1. The molecule has 0 aromatic heterocycles. The van der Waals surface area contributed by atoms with Crippen LogP contribution in [0.25, 0.3) is 0 Å². The van der Waals surface area contributed by atoms with E-state index < -0.39 is 15.1 Å². The van der Waals surface area contributed by atoms with Crippen LogP contribution in [0.15, 0.2) is 120 Å². The van der Waals surface area contributed by atoms with Crippen molar-refractivity contribution in [3.8, 4) is 0 Å². The molecule has 0 bridgehead atoms. The maximum atomic E-state index is 13.9. The molecule has 31 heavy (non-hydrogen) atoms. The zero-order valence-corrected chi connectivity index (χ0v) is 20.5. The molecular weight excluding hydrogens is 487 g/mol. The molecule has 2 nitrogen and oxygen atoms in total. The van der Waals surface area contributed by atoms with Gasteiger partial charge in [0, 0.05) is 0 Å². The zero-order valence-electron chi connectivity index (χ0n) is 17.2. The number of aryl methyl sites for hydroxylation is 1. The van der Waals surface area contributed by atoms with Crippen molar-refractivity contribution < 1.29 is 8.42 Å². The van der Waals surface area contributed by atoms with Crippen molar-refractivity contribution >= 4 is 46.5 Å². The minimum absolute atomic E-state index is 0.0420. The summed E-state index contributed by atoms with van der Waals surface area (Å²) in [6, 6.07) is 37.1. The SMILES string of the molecule is Cc1ccc(S(=O)(=O)CP(Br)(c2ccccc2)(c2ccccc2)c2ccccc2)cc1. The van der Waals surface area contributed by atoms with Gasteiger partial charge in [0.25, 0.3) is 0 Å². The van der Waals surface area contributed by atoms with E-state index in [4.69, 9.17) is 0 Å². The van der Waals surface area contributed by atoms with Crippen LogP contribution in [0.5, 0.6) is 0 Å². The summed E-state index contributed by atoms with van der Waals surface area (Å²) in [5.74, 6) is 0. The van der Waals surface area contributed by atoms with Gasteiger partial charge in [-0.15, -0.1) is 0 Å². The Balaban J connectivity index is 2.07. The second-order valence-corrected chi connectivity index (χ2v) is 19.1. The van der Waals surface area contributed by atoms with E-state index in [1.807, 2.05) is 110 Å². The molecule has 0 saturated heterocycles. The Labute approximate surface area is 192 Å². The fourth-order valence-corrected chi connectivity index (χ4v) is 17.3. The van der Waals surface area contributed by atoms with Gasteiger partial charge in [-0.3, -0.25) is 0 Å². The molecule has 0 amide bonds. The summed E-state index contributed by atoms with van der Waals surface area (Å²) >= 11 is 4.22. The Kier molecular flexibility index (Phi) is 5.91. The third-order valence-corrected chi connectivity index (χ3v) is 19.6. The van der Waals surface area contributed by atoms with Gasteiger partial charge in [0.15, 0.2) is 0 Å². The first kappa shape index (κ1) is 22.0. The van der Waals surface area contributed by atoms with Crippen LogP contribution in [-0.2, 0) is 9.84 Å². The van der Waals surface area contributed by atoms with Gasteiger partial charge in [-0.2, -0.15) is 0 Å². The monoisotopic (exact) mass is 510 g/mol. The molecule has 0 saturated carbocycles. The molecule has 4 aromatic rings. The number of hydrogen-bond donors (Lipinski definition) is 0. The number of hydrogen-bond acceptors (Lipinski definition) is 2. The molecule has 5 heteroatoms. The Morgan fingerprint density at radius 1 is 0.613 bits per heavy atom. The van der Waals surface area contributed by atoms with Crippen LogP contribution in [-0.4, -0.2) is 13.9 Å². The van der Waals surface area contributed by atoms with E-state index in [1.165, 1.54) is 0 Å². The Hall–Kier alpha value is -2.26. The molecule has 0 atom stereocenters. The third-order valence-electron chi connectivity index (χ3n) is 5.68. The predicted octanol–water partition coefficient (Wildman–Crippen LogP) is 5.57. The first-order valence-electron chi connectivity index (χ1n) is 10.0. The van der Waals surface area contributed by atoms with Crippen LogP contribution in [0.2, 0.25) is 0 Å². The van der Waals surface area contributed by atoms with Crippen molar-refractivity contribution in [2.45, 2.75) is 11.8 Å². The van der Waals surface area contributed by atoms with Crippen molar-refractivity contribution in [2.24, 2.45) is 0 Å². The summed E-state index contributed by atoms with van der Waals surface area (Å²) in [6.45, 7) is 1.96. The Morgan fingerprint density at radius 3 is 1.32 bits per heavy atom. The van der Waals surface area contributed by atoms with Gasteiger partial charge in [0.05, 0.1) is 0 Å². The number of sulfone groups is 1. The van der Waals surface area contributed by atoms with Gasteiger partial charge in [0.2, 0.25) is 0 Å². The van der Waals surface area contributed by atoms with Crippen molar-refractivity contribution in [2.75, 3.05) is 5.49 Å². The average Bonchev–Trinajstić information content (AvgIpc) is 2.81. The molecule has 158 valence electrons. The number of halogens is 1. The standard InChI is InChI=1S/C26H24BrO2PS/c1-22-17-19-26(20-18-22)31(28,29)21-30(27,23-11-5-2-6-12-23,24-13-7-3-8-14-24)25-15-9-4-10-16-25/h2-20H,21H2,1H3. The Bertz CT molecular complexity index is 1170. The van der Waals surface area contributed by atoms with E-state index in [0.717, 1.165) is 21.5 Å². The molecule has 0 unspecified atom stereocenters. The molecule has 4 aromatic carbocycles. The molecule has 0 N–H and O–H groups in total. The van der Waals surface area contributed by atoms with Gasteiger partial charge >= 0.3 is 193 Å². The fourth-order valence-electron chi connectivity index (χ4n) is 4.03. The molecule has 0 heterocycles. The molecule has 0 spiro atoms. The number of rotatable bonds is 6. The summed E-state index contributed by atoms with van der Waals surface area (Å²) in [4.78, 5) is 0.342. The summed E-state index contributed by atoms with van der Waals surface area (Å²) in [7, 11) is -3.63. The van der Waals surface area contributed by atoms with E-state index in [2.05, 4.69) is 15.5 Å². The summed E-state index contributed by atoms with van der Waals surface area (Å²) < 4.78 is 27.8. The van der Waals surface area contributed by atoms with E-state index in [0.29, 0.717) is 4.90 Å². The molecule has 0 radical (unpaired) electrons. The normalized spacial score (nSPS) is 13.3. The topological polar surface area (TPSA) is 34.1 Å². The molecule has 0 fully saturated rings. The van der Waals surface area contributed by atoms with Crippen molar-refractivity contribution in [1.29, 1.82) is 0 Å². The van der Waals surface area contributed by atoms with E-state index >= 15 is 0 Å². The van der Waals surface area contributed by atoms with Gasteiger partial charge in [-0.05, 0) is 0 Å². The van der Waals surface area contributed by atoms with E-state index in [1.54, 1.807) is 12.1 Å². The van der Waals surface area contributed by atoms with E-state index in [-0.39, 0.29) is 5.49 Å². The molecule has 0 aliphatic carbocycles. The van der Waals surface area contributed by atoms with Crippen molar-refractivity contribution in [1.82, 2.24) is 0 Å². The van der Waals surface area contributed by atoms with Gasteiger partial charge < -0.3 is 0 Å². The second-order valence-electron chi connectivity index (χ2n) is 7.75. The van der Waals surface area contributed by atoms with Crippen LogP contribution in [0, 0.1) is 6.92 Å². The zero-order chi connectivity index (χ0) is 22.0. The van der Waals surface area contributed by atoms with Crippen LogP contribution in [0.4, 0.5) is 0 Å². The molecule has 4 rings (SSSR count).